The molecule has 1 atom stereocenters. The Morgan fingerprint density at radius 3 is 2.55 bits per heavy atom. The number of primary amides is 1. The lowest BCUT2D eigenvalue weighted by atomic mass is 9.92. The van der Waals surface area contributed by atoms with E-state index in [9.17, 15) is 9.18 Å². The predicted molar refractivity (Wildman–Crippen MR) is 83.0 cm³/mol. The molecule has 22 heavy (non-hydrogen) atoms. The summed E-state index contributed by atoms with van der Waals surface area (Å²) >= 11 is 0. The van der Waals surface area contributed by atoms with Crippen molar-refractivity contribution in [3.63, 3.8) is 0 Å². The summed E-state index contributed by atoms with van der Waals surface area (Å²) in [6.45, 7) is 0.0716. The molecule has 0 saturated heterocycles. The van der Waals surface area contributed by atoms with Crippen LogP contribution in [-0.4, -0.2) is 19.1 Å². The van der Waals surface area contributed by atoms with Gasteiger partial charge >= 0.3 is 0 Å². The highest BCUT2D eigenvalue weighted by atomic mass is 19.1. The number of benzene rings is 2. The van der Waals surface area contributed by atoms with Gasteiger partial charge in [-0.15, -0.1) is 0 Å². The van der Waals surface area contributed by atoms with Gasteiger partial charge in [0.25, 0.3) is 5.91 Å². The predicted octanol–water partition coefficient (Wildman–Crippen LogP) is 1.97. The monoisotopic (exact) mass is 302 g/mol. The molecule has 116 valence electrons. The number of halogens is 1. The number of carbonyl (C=O) groups is 1. The fourth-order valence-electron chi connectivity index (χ4n) is 2.27. The zero-order valence-electron chi connectivity index (χ0n) is 12.2. The molecule has 0 saturated carbocycles. The molecule has 4 N–H and O–H groups in total. The van der Waals surface area contributed by atoms with Crippen LogP contribution in [0.15, 0.2) is 48.5 Å². The van der Waals surface area contributed by atoms with Crippen molar-refractivity contribution in [1.82, 2.24) is 0 Å². The molecule has 2 rings (SSSR count). The van der Waals surface area contributed by atoms with E-state index < -0.39 is 11.7 Å². The molecule has 1 unspecified atom stereocenters. The van der Waals surface area contributed by atoms with Crippen LogP contribution in [0.3, 0.4) is 0 Å². The second kappa shape index (κ2) is 7.56. The summed E-state index contributed by atoms with van der Waals surface area (Å²) < 4.78 is 18.8. The molecular weight excluding hydrogens is 283 g/mol. The topological polar surface area (TPSA) is 78.3 Å². The zero-order chi connectivity index (χ0) is 15.9. The summed E-state index contributed by atoms with van der Waals surface area (Å²) in [4.78, 5) is 10.8. The molecule has 0 aromatic heterocycles. The molecule has 2 aromatic rings. The lowest BCUT2D eigenvalue weighted by Crippen LogP contribution is -2.20. The SMILES string of the molecule is NCC(Cc1ccccc1)c1ccc(F)c(OCC(N)=O)c1. The van der Waals surface area contributed by atoms with Crippen molar-refractivity contribution in [3.8, 4) is 5.75 Å². The first-order valence-corrected chi connectivity index (χ1v) is 7.04. The number of amides is 1. The van der Waals surface area contributed by atoms with Gasteiger partial charge in [0.2, 0.25) is 0 Å². The molecule has 0 heterocycles. The lowest BCUT2D eigenvalue weighted by Gasteiger charge is -2.17. The normalized spacial score (nSPS) is 11.9. The summed E-state index contributed by atoms with van der Waals surface area (Å²) in [6, 6.07) is 14.5. The quantitative estimate of drug-likeness (QED) is 0.821. The maximum Gasteiger partial charge on any atom is 0.255 e. The van der Waals surface area contributed by atoms with E-state index in [1.54, 1.807) is 12.1 Å². The zero-order valence-corrected chi connectivity index (χ0v) is 12.2. The summed E-state index contributed by atoms with van der Waals surface area (Å²) in [6.07, 6.45) is 0.748. The molecule has 2 aromatic carbocycles. The minimum atomic E-state index is -0.649. The number of hydrogen-bond donors (Lipinski definition) is 2. The first kappa shape index (κ1) is 16.0. The number of nitrogens with two attached hydrogens (primary N) is 2. The summed E-state index contributed by atoms with van der Waals surface area (Å²) in [5.41, 5.74) is 12.9. The van der Waals surface area contributed by atoms with E-state index in [4.69, 9.17) is 16.2 Å². The fraction of sp³-hybridized carbons (Fsp3) is 0.235. The van der Waals surface area contributed by atoms with E-state index in [1.165, 1.54) is 6.07 Å². The molecule has 0 fully saturated rings. The third-order valence-electron chi connectivity index (χ3n) is 3.41. The smallest absolute Gasteiger partial charge is 0.255 e. The first-order chi connectivity index (χ1) is 10.6. The van der Waals surface area contributed by atoms with Gasteiger partial charge < -0.3 is 16.2 Å². The van der Waals surface area contributed by atoms with Crippen molar-refractivity contribution in [2.75, 3.05) is 13.2 Å². The fourth-order valence-corrected chi connectivity index (χ4v) is 2.27. The van der Waals surface area contributed by atoms with Crippen molar-refractivity contribution in [1.29, 1.82) is 0 Å². The Hall–Kier alpha value is -2.40. The van der Waals surface area contributed by atoms with Crippen LogP contribution in [0, 0.1) is 5.82 Å². The average Bonchev–Trinajstić information content (AvgIpc) is 2.53. The molecule has 0 bridgehead atoms. The number of ether oxygens (including phenoxy) is 1. The first-order valence-electron chi connectivity index (χ1n) is 7.04. The number of hydrogen-bond acceptors (Lipinski definition) is 3. The van der Waals surface area contributed by atoms with Crippen LogP contribution in [-0.2, 0) is 11.2 Å². The average molecular weight is 302 g/mol. The van der Waals surface area contributed by atoms with Crippen LogP contribution in [0.5, 0.6) is 5.75 Å². The van der Waals surface area contributed by atoms with Crippen LogP contribution >= 0.6 is 0 Å². The van der Waals surface area contributed by atoms with Gasteiger partial charge in [-0.25, -0.2) is 4.39 Å². The highest BCUT2D eigenvalue weighted by Gasteiger charge is 2.14. The van der Waals surface area contributed by atoms with Crippen LogP contribution in [0.25, 0.3) is 0 Å². The Kier molecular flexibility index (Phi) is 5.49. The standard InChI is InChI=1S/C17H19FN2O2/c18-15-7-6-13(9-16(15)22-11-17(20)21)14(10-19)8-12-4-2-1-3-5-12/h1-7,9,14H,8,10-11,19H2,(H2,20,21). The van der Waals surface area contributed by atoms with Crippen molar-refractivity contribution in [2.24, 2.45) is 11.5 Å². The van der Waals surface area contributed by atoms with Crippen LogP contribution in [0.1, 0.15) is 17.0 Å². The van der Waals surface area contributed by atoms with Crippen molar-refractivity contribution < 1.29 is 13.9 Å². The number of rotatable bonds is 7. The summed E-state index contributed by atoms with van der Waals surface area (Å²) in [7, 11) is 0. The van der Waals surface area contributed by atoms with E-state index >= 15 is 0 Å². The minimum absolute atomic E-state index is 0.0165. The lowest BCUT2D eigenvalue weighted by molar-refractivity contribution is -0.120. The van der Waals surface area contributed by atoms with E-state index in [1.807, 2.05) is 30.3 Å². The van der Waals surface area contributed by atoms with Gasteiger partial charge in [0, 0.05) is 5.92 Å². The molecule has 1 amide bonds. The third-order valence-corrected chi connectivity index (χ3v) is 3.41. The summed E-state index contributed by atoms with van der Waals surface area (Å²) in [5, 5.41) is 0. The Morgan fingerprint density at radius 2 is 1.91 bits per heavy atom. The Morgan fingerprint density at radius 1 is 1.18 bits per heavy atom. The van der Waals surface area contributed by atoms with E-state index in [0.29, 0.717) is 6.54 Å². The molecule has 0 aliphatic rings. The highest BCUT2D eigenvalue weighted by molar-refractivity contribution is 5.75. The largest absolute Gasteiger partial charge is 0.481 e. The van der Waals surface area contributed by atoms with Gasteiger partial charge in [-0.2, -0.15) is 0 Å². The third kappa shape index (κ3) is 4.30. The molecule has 4 nitrogen and oxygen atoms in total. The number of carbonyl (C=O) groups excluding carboxylic acids is 1. The van der Waals surface area contributed by atoms with Gasteiger partial charge in [-0.1, -0.05) is 36.4 Å². The van der Waals surface area contributed by atoms with E-state index in [0.717, 1.165) is 17.5 Å². The Labute approximate surface area is 128 Å². The van der Waals surface area contributed by atoms with Gasteiger partial charge in [-0.05, 0) is 36.2 Å². The van der Waals surface area contributed by atoms with Crippen LogP contribution in [0.2, 0.25) is 0 Å². The maximum atomic E-state index is 13.7. The van der Waals surface area contributed by atoms with Gasteiger partial charge in [0.15, 0.2) is 18.2 Å². The molecule has 0 aliphatic carbocycles. The molecule has 0 spiro atoms. The minimum Gasteiger partial charge on any atom is -0.481 e. The van der Waals surface area contributed by atoms with Crippen molar-refractivity contribution >= 4 is 5.91 Å². The Balaban J connectivity index is 2.18. The highest BCUT2D eigenvalue weighted by Crippen LogP contribution is 2.26. The summed E-state index contributed by atoms with van der Waals surface area (Å²) in [5.74, 6) is -1.12. The molecule has 0 aliphatic heterocycles. The van der Waals surface area contributed by atoms with Gasteiger partial charge in [0.05, 0.1) is 0 Å². The van der Waals surface area contributed by atoms with Gasteiger partial charge in [-0.3, -0.25) is 4.79 Å². The molecular formula is C17H19FN2O2. The van der Waals surface area contributed by atoms with Gasteiger partial charge in [0.1, 0.15) is 0 Å². The second-order valence-corrected chi connectivity index (χ2v) is 5.07. The van der Waals surface area contributed by atoms with E-state index in [-0.39, 0.29) is 18.3 Å². The van der Waals surface area contributed by atoms with Crippen LogP contribution < -0.4 is 16.2 Å². The molecule has 5 heteroatoms. The van der Waals surface area contributed by atoms with E-state index in [2.05, 4.69) is 0 Å². The van der Waals surface area contributed by atoms with Crippen LogP contribution in [0.4, 0.5) is 4.39 Å². The molecule has 0 radical (unpaired) electrons. The Bertz CT molecular complexity index is 632. The van der Waals surface area contributed by atoms with Crippen molar-refractivity contribution in [3.05, 3.63) is 65.5 Å². The van der Waals surface area contributed by atoms with Crippen molar-refractivity contribution in [2.45, 2.75) is 12.3 Å². The maximum absolute atomic E-state index is 13.7. The second-order valence-electron chi connectivity index (χ2n) is 5.07.